The zero-order valence-electron chi connectivity index (χ0n) is 14.9. The molecule has 130 valence electrons. The maximum absolute atomic E-state index is 11.6. The molecule has 0 amide bonds. The molecular weight excluding hydrogens is 324 g/mol. The Morgan fingerprint density at radius 1 is 0.692 bits per heavy atom. The van der Waals surface area contributed by atoms with E-state index in [4.69, 9.17) is 9.47 Å². The molecule has 0 bridgehead atoms. The fraction of sp³-hybridized carbons (Fsp3) is 0.0870. The predicted octanol–water partition coefficient (Wildman–Crippen LogP) is 5.51. The standard InChI is InChI=1S/C23H20O3/c1-16(2)23(24)26-22-14-10-20(11-15-22)18-6-4-17(5-7-18)19-8-12-21(25-3)13-9-19/h4-15H,1H2,2-3H3. The number of rotatable bonds is 5. The summed E-state index contributed by atoms with van der Waals surface area (Å²) in [4.78, 5) is 11.6. The summed E-state index contributed by atoms with van der Waals surface area (Å²) in [5.74, 6) is 0.941. The van der Waals surface area contributed by atoms with E-state index in [0.717, 1.165) is 28.0 Å². The number of esters is 1. The van der Waals surface area contributed by atoms with Gasteiger partial charge in [-0.15, -0.1) is 0 Å². The Balaban J connectivity index is 1.75. The van der Waals surface area contributed by atoms with Crippen molar-refractivity contribution >= 4 is 5.97 Å². The van der Waals surface area contributed by atoms with Gasteiger partial charge in [-0.05, 0) is 53.4 Å². The van der Waals surface area contributed by atoms with E-state index in [1.54, 1.807) is 26.2 Å². The van der Waals surface area contributed by atoms with Crippen LogP contribution >= 0.6 is 0 Å². The molecular formula is C23H20O3. The lowest BCUT2D eigenvalue weighted by Gasteiger charge is -2.07. The monoisotopic (exact) mass is 344 g/mol. The zero-order valence-corrected chi connectivity index (χ0v) is 14.9. The molecule has 0 aliphatic rings. The maximum atomic E-state index is 11.6. The van der Waals surface area contributed by atoms with Crippen molar-refractivity contribution in [3.8, 4) is 33.8 Å². The predicted molar refractivity (Wildman–Crippen MR) is 104 cm³/mol. The van der Waals surface area contributed by atoms with Crippen LogP contribution in [0.1, 0.15) is 6.92 Å². The Morgan fingerprint density at radius 2 is 1.04 bits per heavy atom. The minimum absolute atomic E-state index is 0.378. The lowest BCUT2D eigenvalue weighted by molar-refractivity contribution is -0.130. The topological polar surface area (TPSA) is 35.5 Å². The molecule has 3 aromatic rings. The van der Waals surface area contributed by atoms with E-state index in [9.17, 15) is 4.79 Å². The Labute approximate surface area is 153 Å². The van der Waals surface area contributed by atoms with Gasteiger partial charge in [0.15, 0.2) is 0 Å². The van der Waals surface area contributed by atoms with E-state index in [0.29, 0.717) is 11.3 Å². The van der Waals surface area contributed by atoms with Crippen molar-refractivity contribution in [3.05, 3.63) is 84.9 Å². The molecule has 3 nitrogen and oxygen atoms in total. The summed E-state index contributed by atoms with van der Waals surface area (Å²) >= 11 is 0. The maximum Gasteiger partial charge on any atom is 0.338 e. The summed E-state index contributed by atoms with van der Waals surface area (Å²) in [6.07, 6.45) is 0. The minimum atomic E-state index is -0.415. The van der Waals surface area contributed by atoms with Crippen molar-refractivity contribution in [2.45, 2.75) is 6.92 Å². The highest BCUT2D eigenvalue weighted by molar-refractivity contribution is 5.88. The highest BCUT2D eigenvalue weighted by Crippen LogP contribution is 2.27. The summed E-state index contributed by atoms with van der Waals surface area (Å²) < 4.78 is 10.4. The van der Waals surface area contributed by atoms with Crippen LogP contribution in [0.25, 0.3) is 22.3 Å². The van der Waals surface area contributed by atoms with Gasteiger partial charge in [-0.25, -0.2) is 4.79 Å². The first kappa shape index (κ1) is 17.5. The average Bonchev–Trinajstić information content (AvgIpc) is 2.69. The Hall–Kier alpha value is -3.33. The van der Waals surface area contributed by atoms with Gasteiger partial charge in [-0.1, -0.05) is 55.1 Å². The van der Waals surface area contributed by atoms with E-state index in [1.807, 2.05) is 36.4 Å². The van der Waals surface area contributed by atoms with Crippen molar-refractivity contribution < 1.29 is 14.3 Å². The van der Waals surface area contributed by atoms with Crippen LogP contribution in [0.15, 0.2) is 84.9 Å². The third-order valence-corrected chi connectivity index (χ3v) is 4.05. The molecule has 3 aromatic carbocycles. The molecule has 0 aliphatic carbocycles. The second-order valence-electron chi connectivity index (χ2n) is 6.00. The first-order chi connectivity index (χ1) is 12.6. The molecule has 0 aliphatic heterocycles. The van der Waals surface area contributed by atoms with E-state index >= 15 is 0 Å². The highest BCUT2D eigenvalue weighted by Gasteiger charge is 2.06. The van der Waals surface area contributed by atoms with E-state index in [-0.39, 0.29) is 0 Å². The molecule has 3 heteroatoms. The molecule has 0 spiro atoms. The molecule has 0 aromatic heterocycles. The Morgan fingerprint density at radius 3 is 1.38 bits per heavy atom. The van der Waals surface area contributed by atoms with Crippen molar-refractivity contribution in [2.75, 3.05) is 7.11 Å². The molecule has 3 rings (SSSR count). The number of carbonyl (C=O) groups excluding carboxylic acids is 1. The van der Waals surface area contributed by atoms with Crippen molar-refractivity contribution in [1.82, 2.24) is 0 Å². The largest absolute Gasteiger partial charge is 0.497 e. The summed E-state index contributed by atoms with van der Waals surface area (Å²) in [7, 11) is 1.66. The number of hydrogen-bond donors (Lipinski definition) is 0. The third-order valence-electron chi connectivity index (χ3n) is 4.05. The van der Waals surface area contributed by atoms with Crippen LogP contribution < -0.4 is 9.47 Å². The second-order valence-corrected chi connectivity index (χ2v) is 6.00. The SMILES string of the molecule is C=C(C)C(=O)Oc1ccc(-c2ccc(-c3ccc(OC)cc3)cc2)cc1. The smallest absolute Gasteiger partial charge is 0.338 e. The molecule has 0 saturated heterocycles. The third kappa shape index (κ3) is 4.01. The molecule has 0 N–H and O–H groups in total. The van der Waals surface area contributed by atoms with Gasteiger partial charge < -0.3 is 9.47 Å². The van der Waals surface area contributed by atoms with Crippen LogP contribution in [-0.2, 0) is 4.79 Å². The fourth-order valence-electron chi connectivity index (χ4n) is 2.55. The van der Waals surface area contributed by atoms with Crippen molar-refractivity contribution in [1.29, 1.82) is 0 Å². The van der Waals surface area contributed by atoms with Crippen LogP contribution in [0.4, 0.5) is 0 Å². The lowest BCUT2D eigenvalue weighted by Crippen LogP contribution is -2.07. The van der Waals surface area contributed by atoms with Crippen LogP contribution in [-0.4, -0.2) is 13.1 Å². The van der Waals surface area contributed by atoms with Crippen LogP contribution in [0.2, 0.25) is 0 Å². The lowest BCUT2D eigenvalue weighted by atomic mass is 10.0. The molecule has 26 heavy (non-hydrogen) atoms. The number of methoxy groups -OCH3 is 1. The molecule has 0 unspecified atom stereocenters. The van der Waals surface area contributed by atoms with Gasteiger partial charge in [0.1, 0.15) is 11.5 Å². The quantitative estimate of drug-likeness (QED) is 0.348. The van der Waals surface area contributed by atoms with Gasteiger partial charge >= 0.3 is 5.97 Å². The van der Waals surface area contributed by atoms with Gasteiger partial charge in [-0.2, -0.15) is 0 Å². The number of carbonyl (C=O) groups is 1. The second kappa shape index (κ2) is 7.70. The van der Waals surface area contributed by atoms with E-state index in [1.165, 1.54) is 0 Å². The van der Waals surface area contributed by atoms with E-state index in [2.05, 4.69) is 30.8 Å². The van der Waals surface area contributed by atoms with Crippen molar-refractivity contribution in [2.24, 2.45) is 0 Å². The van der Waals surface area contributed by atoms with Gasteiger partial charge in [0.2, 0.25) is 0 Å². The summed E-state index contributed by atoms with van der Waals surface area (Å²) in [6.45, 7) is 5.20. The Bertz CT molecular complexity index is 905. The molecule has 0 fully saturated rings. The molecule has 0 heterocycles. The number of benzene rings is 3. The minimum Gasteiger partial charge on any atom is -0.497 e. The normalized spacial score (nSPS) is 10.2. The van der Waals surface area contributed by atoms with Gasteiger partial charge in [0, 0.05) is 5.57 Å². The van der Waals surface area contributed by atoms with Crippen molar-refractivity contribution in [3.63, 3.8) is 0 Å². The van der Waals surface area contributed by atoms with Crippen LogP contribution in [0.5, 0.6) is 11.5 Å². The number of ether oxygens (including phenoxy) is 2. The average molecular weight is 344 g/mol. The first-order valence-electron chi connectivity index (χ1n) is 8.29. The van der Waals surface area contributed by atoms with Gasteiger partial charge in [0.05, 0.1) is 7.11 Å². The molecule has 0 saturated carbocycles. The molecule has 0 atom stereocenters. The van der Waals surface area contributed by atoms with Crippen LogP contribution in [0, 0.1) is 0 Å². The summed E-state index contributed by atoms with van der Waals surface area (Å²) in [6, 6.07) is 23.8. The van der Waals surface area contributed by atoms with Gasteiger partial charge in [0.25, 0.3) is 0 Å². The highest BCUT2D eigenvalue weighted by atomic mass is 16.5. The van der Waals surface area contributed by atoms with Crippen LogP contribution in [0.3, 0.4) is 0 Å². The molecule has 0 radical (unpaired) electrons. The fourth-order valence-corrected chi connectivity index (χ4v) is 2.55. The zero-order chi connectivity index (χ0) is 18.5. The summed E-state index contributed by atoms with van der Waals surface area (Å²) in [5.41, 5.74) is 4.81. The van der Waals surface area contributed by atoms with Gasteiger partial charge in [-0.3, -0.25) is 0 Å². The number of hydrogen-bond acceptors (Lipinski definition) is 3. The van der Waals surface area contributed by atoms with E-state index < -0.39 is 5.97 Å². The Kier molecular flexibility index (Phi) is 5.18. The first-order valence-corrected chi connectivity index (χ1v) is 8.29. The summed E-state index contributed by atoms with van der Waals surface area (Å²) in [5, 5.41) is 0.